The Labute approximate surface area is 257 Å². The van der Waals surface area contributed by atoms with Crippen LogP contribution in [0.3, 0.4) is 0 Å². The monoisotopic (exact) mass is 597 g/mol. The smallest absolute Gasteiger partial charge is 0.247 e. The fourth-order valence-electron chi connectivity index (χ4n) is 5.42. The molecular formula is C32H39N9O3. The van der Waals surface area contributed by atoms with E-state index < -0.39 is 0 Å². The third-order valence-electron chi connectivity index (χ3n) is 7.93. The van der Waals surface area contributed by atoms with Crippen molar-refractivity contribution in [2.75, 3.05) is 69.0 Å². The van der Waals surface area contributed by atoms with E-state index in [1.54, 1.807) is 14.0 Å². The van der Waals surface area contributed by atoms with Crippen molar-refractivity contribution in [2.24, 2.45) is 7.05 Å². The summed E-state index contributed by atoms with van der Waals surface area (Å²) in [5.74, 6) is 0.995. The van der Waals surface area contributed by atoms with Crippen LogP contribution in [-0.2, 0) is 16.6 Å². The molecule has 12 heteroatoms. The van der Waals surface area contributed by atoms with E-state index >= 15 is 0 Å². The number of nitrogens with zero attached hydrogens (tertiary/aromatic N) is 7. The van der Waals surface area contributed by atoms with Gasteiger partial charge in [-0.2, -0.15) is 5.10 Å². The number of piperazine rings is 1. The van der Waals surface area contributed by atoms with Crippen LogP contribution >= 0.6 is 0 Å². The number of fused-ring (bicyclic) bond motifs is 1. The number of benzene rings is 2. The summed E-state index contributed by atoms with van der Waals surface area (Å²) in [5.41, 5.74) is 4.81. The van der Waals surface area contributed by atoms with Crippen molar-refractivity contribution < 1.29 is 14.3 Å². The van der Waals surface area contributed by atoms with Crippen molar-refractivity contribution in [2.45, 2.75) is 13.3 Å². The van der Waals surface area contributed by atoms with E-state index in [0.717, 1.165) is 73.5 Å². The van der Waals surface area contributed by atoms with E-state index in [1.807, 2.05) is 60.2 Å². The maximum absolute atomic E-state index is 12.4. The Kier molecular flexibility index (Phi) is 9.39. The standard InChI is InChI=1S/C32H39N9O3/c1-6-32(43)37-26-17-27(36-31-18-25(33-21-34-31)23-8-9-28-24(16-23)20-35-39(28)4)30(44-5)19-29(26)38(3)10-7-11-40-12-14-41(15-13-40)22(2)42/h6,8-9,16-21H,1,7,10-15H2,2-5H3,(H,37,43)(H,33,34,36). The third kappa shape index (κ3) is 6.97. The highest BCUT2D eigenvalue weighted by molar-refractivity contribution is 6.02. The average molecular weight is 598 g/mol. The number of anilines is 4. The van der Waals surface area contributed by atoms with Gasteiger partial charge >= 0.3 is 0 Å². The third-order valence-corrected chi connectivity index (χ3v) is 7.93. The minimum atomic E-state index is -0.311. The molecule has 12 nitrogen and oxygen atoms in total. The molecule has 0 atom stereocenters. The van der Waals surface area contributed by atoms with Crippen LogP contribution in [0.15, 0.2) is 61.6 Å². The molecule has 2 aromatic heterocycles. The van der Waals surface area contributed by atoms with E-state index in [0.29, 0.717) is 22.9 Å². The van der Waals surface area contributed by atoms with Gasteiger partial charge in [0.25, 0.3) is 0 Å². The Bertz CT molecular complexity index is 1660. The lowest BCUT2D eigenvalue weighted by molar-refractivity contribution is -0.130. The summed E-state index contributed by atoms with van der Waals surface area (Å²) in [6, 6.07) is 11.7. The lowest BCUT2D eigenvalue weighted by Crippen LogP contribution is -2.48. The molecule has 230 valence electrons. The number of carbonyl (C=O) groups is 2. The first-order valence-corrected chi connectivity index (χ1v) is 14.6. The molecule has 2 N–H and O–H groups in total. The quantitative estimate of drug-likeness (QED) is 0.248. The molecule has 0 unspecified atom stereocenters. The second-order valence-corrected chi connectivity index (χ2v) is 10.8. The second-order valence-electron chi connectivity index (χ2n) is 10.8. The van der Waals surface area contributed by atoms with Crippen LogP contribution in [0.4, 0.5) is 22.9 Å². The molecule has 1 aliphatic heterocycles. The van der Waals surface area contributed by atoms with Crippen molar-refractivity contribution in [1.29, 1.82) is 0 Å². The highest BCUT2D eigenvalue weighted by Gasteiger charge is 2.20. The Morgan fingerprint density at radius 1 is 1.09 bits per heavy atom. The van der Waals surface area contributed by atoms with Crippen LogP contribution in [0.25, 0.3) is 22.2 Å². The van der Waals surface area contributed by atoms with Gasteiger partial charge in [-0.3, -0.25) is 19.2 Å². The number of rotatable bonds is 11. The zero-order chi connectivity index (χ0) is 31.2. The largest absolute Gasteiger partial charge is 0.494 e. The lowest BCUT2D eigenvalue weighted by Gasteiger charge is -2.34. The van der Waals surface area contributed by atoms with Crippen molar-refractivity contribution in [1.82, 2.24) is 29.5 Å². The van der Waals surface area contributed by atoms with Gasteiger partial charge < -0.3 is 25.2 Å². The molecule has 5 rings (SSSR count). The van der Waals surface area contributed by atoms with Crippen LogP contribution in [0.2, 0.25) is 0 Å². The number of methoxy groups -OCH3 is 1. The summed E-state index contributed by atoms with van der Waals surface area (Å²) in [7, 11) is 5.52. The molecule has 1 aliphatic rings. The van der Waals surface area contributed by atoms with E-state index in [1.165, 1.54) is 12.4 Å². The van der Waals surface area contributed by atoms with E-state index in [-0.39, 0.29) is 11.8 Å². The predicted octanol–water partition coefficient (Wildman–Crippen LogP) is 3.90. The zero-order valence-corrected chi connectivity index (χ0v) is 25.7. The van der Waals surface area contributed by atoms with Crippen LogP contribution in [0.5, 0.6) is 5.75 Å². The fourth-order valence-corrected chi connectivity index (χ4v) is 5.42. The van der Waals surface area contributed by atoms with Gasteiger partial charge in [0, 0.05) is 76.8 Å². The summed E-state index contributed by atoms with van der Waals surface area (Å²) in [5, 5.41) is 11.6. The molecule has 2 amide bonds. The Morgan fingerprint density at radius 2 is 1.89 bits per heavy atom. The first-order chi connectivity index (χ1) is 21.2. The summed E-state index contributed by atoms with van der Waals surface area (Å²) in [6.07, 6.45) is 5.51. The Morgan fingerprint density at radius 3 is 2.61 bits per heavy atom. The van der Waals surface area contributed by atoms with Crippen LogP contribution in [0.1, 0.15) is 13.3 Å². The summed E-state index contributed by atoms with van der Waals surface area (Å²) < 4.78 is 7.61. The zero-order valence-electron chi connectivity index (χ0n) is 25.7. The summed E-state index contributed by atoms with van der Waals surface area (Å²) >= 11 is 0. The first kappa shape index (κ1) is 30.5. The molecule has 3 heterocycles. The van der Waals surface area contributed by atoms with Crippen molar-refractivity contribution >= 4 is 45.6 Å². The predicted molar refractivity (Wildman–Crippen MR) is 173 cm³/mol. The van der Waals surface area contributed by atoms with Gasteiger partial charge in [0.05, 0.1) is 41.6 Å². The number of nitrogens with one attached hydrogen (secondary N) is 2. The van der Waals surface area contributed by atoms with Gasteiger partial charge in [0.15, 0.2) is 0 Å². The fraction of sp³-hybridized carbons (Fsp3) is 0.344. The second kappa shape index (κ2) is 13.6. The molecule has 44 heavy (non-hydrogen) atoms. The number of aryl methyl sites for hydroxylation is 1. The molecule has 0 saturated carbocycles. The number of aromatic nitrogens is 4. The van der Waals surface area contributed by atoms with Crippen molar-refractivity contribution in [3.8, 4) is 17.0 Å². The first-order valence-electron chi connectivity index (χ1n) is 14.6. The van der Waals surface area contributed by atoms with E-state index in [9.17, 15) is 9.59 Å². The molecule has 4 aromatic rings. The molecule has 0 bridgehead atoms. The summed E-state index contributed by atoms with van der Waals surface area (Å²) in [4.78, 5) is 39.3. The molecule has 0 aliphatic carbocycles. The van der Waals surface area contributed by atoms with Crippen molar-refractivity contribution in [3.63, 3.8) is 0 Å². The average Bonchev–Trinajstić information content (AvgIpc) is 3.41. The van der Waals surface area contributed by atoms with Gasteiger partial charge in [0.1, 0.15) is 17.9 Å². The number of carbonyl (C=O) groups excluding carboxylic acids is 2. The highest BCUT2D eigenvalue weighted by Crippen LogP contribution is 2.38. The molecule has 0 spiro atoms. The molecule has 1 saturated heterocycles. The van der Waals surface area contributed by atoms with Gasteiger partial charge in [-0.25, -0.2) is 9.97 Å². The maximum Gasteiger partial charge on any atom is 0.247 e. The van der Waals surface area contributed by atoms with Gasteiger partial charge in [-0.1, -0.05) is 12.6 Å². The maximum atomic E-state index is 12.4. The number of hydrogen-bond acceptors (Lipinski definition) is 9. The van der Waals surface area contributed by atoms with Crippen LogP contribution in [0, 0.1) is 0 Å². The Hall–Kier alpha value is -4.97. The minimum Gasteiger partial charge on any atom is -0.494 e. The minimum absolute atomic E-state index is 0.133. The number of ether oxygens (including phenoxy) is 1. The van der Waals surface area contributed by atoms with Crippen LogP contribution < -0.4 is 20.3 Å². The van der Waals surface area contributed by atoms with Crippen molar-refractivity contribution in [3.05, 3.63) is 61.6 Å². The van der Waals surface area contributed by atoms with Gasteiger partial charge in [-0.05, 0) is 37.2 Å². The summed E-state index contributed by atoms with van der Waals surface area (Å²) in [6.45, 7) is 10.2. The Balaban J connectivity index is 1.33. The molecule has 2 aromatic carbocycles. The SMILES string of the molecule is C=CC(=O)Nc1cc(Nc2cc(-c3ccc4c(cnn4C)c3)ncn2)c(OC)cc1N(C)CCCN1CCN(C(C)=O)CC1. The number of amides is 2. The highest BCUT2D eigenvalue weighted by atomic mass is 16.5. The van der Waals surface area contributed by atoms with Gasteiger partial charge in [-0.15, -0.1) is 0 Å². The van der Waals surface area contributed by atoms with E-state index in [2.05, 4.69) is 48.1 Å². The topological polar surface area (TPSA) is 121 Å². The normalized spacial score (nSPS) is 13.5. The van der Waals surface area contributed by atoms with Gasteiger partial charge in [0.2, 0.25) is 11.8 Å². The number of hydrogen-bond donors (Lipinski definition) is 2. The van der Waals surface area contributed by atoms with E-state index in [4.69, 9.17) is 4.74 Å². The lowest BCUT2D eigenvalue weighted by atomic mass is 10.1. The molecular weight excluding hydrogens is 558 g/mol. The molecule has 1 fully saturated rings. The molecule has 0 radical (unpaired) electrons. The van der Waals surface area contributed by atoms with Crippen LogP contribution in [-0.4, -0.2) is 94.8 Å².